The van der Waals surface area contributed by atoms with Gasteiger partial charge in [-0.25, -0.2) is 21.9 Å². The van der Waals surface area contributed by atoms with E-state index in [1.165, 1.54) is 0 Å². The molecule has 1 rings (SSSR count). The summed E-state index contributed by atoms with van der Waals surface area (Å²) in [5, 5.41) is 0. The SMILES string of the molecule is CCCCC(CN)NS(=O)(=O)c1cc(F)c(Br)cc1F. The van der Waals surface area contributed by atoms with Crippen molar-refractivity contribution in [3.8, 4) is 0 Å². The molecule has 1 aromatic carbocycles. The Balaban J connectivity index is 3.01. The molecule has 20 heavy (non-hydrogen) atoms. The molecule has 114 valence electrons. The minimum absolute atomic E-state index is 0.0971. The van der Waals surface area contributed by atoms with Crippen LogP contribution in [0.5, 0.6) is 0 Å². The zero-order chi connectivity index (χ0) is 15.3. The molecule has 0 amide bonds. The van der Waals surface area contributed by atoms with Crippen LogP contribution in [0.25, 0.3) is 0 Å². The Labute approximate surface area is 125 Å². The van der Waals surface area contributed by atoms with Crippen molar-refractivity contribution >= 4 is 26.0 Å². The second-order valence-electron chi connectivity index (χ2n) is 4.39. The lowest BCUT2D eigenvalue weighted by atomic mass is 10.1. The van der Waals surface area contributed by atoms with Crippen molar-refractivity contribution in [2.24, 2.45) is 5.73 Å². The molecule has 0 aliphatic heterocycles. The van der Waals surface area contributed by atoms with Crippen LogP contribution < -0.4 is 10.5 Å². The summed E-state index contributed by atoms with van der Waals surface area (Å²) in [6.45, 7) is 2.06. The number of sulfonamides is 1. The van der Waals surface area contributed by atoms with Crippen LogP contribution in [-0.4, -0.2) is 21.0 Å². The second-order valence-corrected chi connectivity index (χ2v) is 6.93. The molecule has 8 heteroatoms. The fourth-order valence-electron chi connectivity index (χ4n) is 1.67. The van der Waals surface area contributed by atoms with Crippen molar-refractivity contribution in [2.75, 3.05) is 6.54 Å². The van der Waals surface area contributed by atoms with Gasteiger partial charge in [0.05, 0.1) is 4.47 Å². The van der Waals surface area contributed by atoms with Crippen molar-refractivity contribution in [3.05, 3.63) is 28.2 Å². The Kier molecular flexibility index (Phi) is 6.50. The molecule has 0 aromatic heterocycles. The largest absolute Gasteiger partial charge is 0.329 e. The van der Waals surface area contributed by atoms with E-state index in [1.54, 1.807) is 0 Å². The van der Waals surface area contributed by atoms with Crippen LogP contribution in [0.15, 0.2) is 21.5 Å². The van der Waals surface area contributed by atoms with E-state index in [0.717, 1.165) is 18.9 Å². The molecule has 0 saturated carbocycles. The molecule has 1 aromatic rings. The molecular formula is C12H17BrF2N2O2S. The minimum atomic E-state index is -4.14. The van der Waals surface area contributed by atoms with Gasteiger partial charge in [0.1, 0.15) is 16.5 Å². The third-order valence-corrected chi connectivity index (χ3v) is 4.92. The molecular weight excluding hydrogens is 354 g/mol. The summed E-state index contributed by atoms with van der Waals surface area (Å²) in [6.07, 6.45) is 2.23. The van der Waals surface area contributed by atoms with Gasteiger partial charge in [-0.05, 0) is 34.5 Å². The van der Waals surface area contributed by atoms with Crippen LogP contribution in [0.4, 0.5) is 8.78 Å². The zero-order valence-corrected chi connectivity index (χ0v) is 13.4. The Morgan fingerprint density at radius 2 is 2.00 bits per heavy atom. The van der Waals surface area contributed by atoms with Gasteiger partial charge in [0, 0.05) is 12.6 Å². The summed E-state index contributed by atoms with van der Waals surface area (Å²) >= 11 is 2.80. The van der Waals surface area contributed by atoms with Crippen LogP contribution in [-0.2, 0) is 10.0 Å². The third-order valence-electron chi connectivity index (χ3n) is 2.78. The highest BCUT2D eigenvalue weighted by Gasteiger charge is 2.24. The molecule has 0 aliphatic carbocycles. The summed E-state index contributed by atoms with van der Waals surface area (Å²) in [6, 6.07) is 0.939. The molecule has 1 unspecified atom stereocenters. The van der Waals surface area contributed by atoms with Crippen LogP contribution in [0, 0.1) is 11.6 Å². The number of halogens is 3. The Bertz CT molecular complexity index is 567. The van der Waals surface area contributed by atoms with E-state index in [1.807, 2.05) is 6.92 Å². The van der Waals surface area contributed by atoms with Gasteiger partial charge in [-0.3, -0.25) is 0 Å². The Hall–Kier alpha value is -0.570. The van der Waals surface area contributed by atoms with Gasteiger partial charge in [0.25, 0.3) is 0 Å². The third kappa shape index (κ3) is 4.47. The Morgan fingerprint density at radius 3 is 2.55 bits per heavy atom. The number of nitrogens with one attached hydrogen (secondary N) is 1. The smallest absolute Gasteiger partial charge is 0.243 e. The first-order valence-corrected chi connectivity index (χ1v) is 8.46. The molecule has 0 aliphatic rings. The number of benzene rings is 1. The Morgan fingerprint density at radius 1 is 1.35 bits per heavy atom. The van der Waals surface area contributed by atoms with Gasteiger partial charge in [0.15, 0.2) is 0 Å². The maximum atomic E-state index is 13.7. The van der Waals surface area contributed by atoms with Crippen molar-refractivity contribution < 1.29 is 17.2 Å². The van der Waals surface area contributed by atoms with E-state index in [0.29, 0.717) is 12.5 Å². The van der Waals surface area contributed by atoms with Crippen molar-refractivity contribution in [1.29, 1.82) is 0 Å². The zero-order valence-electron chi connectivity index (χ0n) is 11.0. The maximum Gasteiger partial charge on any atom is 0.243 e. The quantitative estimate of drug-likeness (QED) is 0.724. The highest BCUT2D eigenvalue weighted by molar-refractivity contribution is 9.10. The van der Waals surface area contributed by atoms with Gasteiger partial charge >= 0.3 is 0 Å². The first-order valence-electron chi connectivity index (χ1n) is 6.18. The molecule has 0 bridgehead atoms. The number of hydrogen-bond acceptors (Lipinski definition) is 3. The highest BCUT2D eigenvalue weighted by atomic mass is 79.9. The van der Waals surface area contributed by atoms with Gasteiger partial charge in [-0.1, -0.05) is 19.8 Å². The first-order chi connectivity index (χ1) is 9.31. The fraction of sp³-hybridized carbons (Fsp3) is 0.500. The number of unbranched alkanes of at least 4 members (excludes halogenated alkanes) is 1. The summed E-state index contributed by atoms with van der Waals surface area (Å²) < 4.78 is 53.4. The van der Waals surface area contributed by atoms with Crippen LogP contribution in [0.2, 0.25) is 0 Å². The number of hydrogen-bond donors (Lipinski definition) is 2. The minimum Gasteiger partial charge on any atom is -0.329 e. The van der Waals surface area contributed by atoms with E-state index >= 15 is 0 Å². The summed E-state index contributed by atoms with van der Waals surface area (Å²) in [7, 11) is -4.14. The average molecular weight is 371 g/mol. The second kappa shape index (κ2) is 7.44. The van der Waals surface area contributed by atoms with Gasteiger partial charge in [-0.15, -0.1) is 0 Å². The molecule has 4 nitrogen and oxygen atoms in total. The molecule has 3 N–H and O–H groups in total. The molecule has 0 heterocycles. The average Bonchev–Trinajstić information content (AvgIpc) is 2.38. The van der Waals surface area contributed by atoms with E-state index in [4.69, 9.17) is 5.73 Å². The lowest BCUT2D eigenvalue weighted by Gasteiger charge is -2.17. The normalized spacial score (nSPS) is 13.4. The molecule has 0 fully saturated rings. The van der Waals surface area contributed by atoms with Crippen molar-refractivity contribution in [1.82, 2.24) is 4.72 Å². The molecule has 0 spiro atoms. The van der Waals surface area contributed by atoms with Crippen molar-refractivity contribution in [3.63, 3.8) is 0 Å². The van der Waals surface area contributed by atoms with Gasteiger partial charge < -0.3 is 5.73 Å². The van der Waals surface area contributed by atoms with Crippen LogP contribution >= 0.6 is 15.9 Å². The number of nitrogens with two attached hydrogens (primary N) is 1. The molecule has 0 radical (unpaired) electrons. The lowest BCUT2D eigenvalue weighted by Crippen LogP contribution is -2.40. The summed E-state index contributed by atoms with van der Waals surface area (Å²) in [5.41, 5.74) is 5.49. The topological polar surface area (TPSA) is 72.2 Å². The molecule has 1 atom stereocenters. The standard InChI is InChI=1S/C12H17BrF2N2O2S/c1-2-3-4-8(7-16)17-20(18,19)12-6-10(14)9(13)5-11(12)15/h5-6,8,17H,2-4,7,16H2,1H3. The van der Waals surface area contributed by atoms with Crippen LogP contribution in [0.1, 0.15) is 26.2 Å². The van der Waals surface area contributed by atoms with Crippen LogP contribution in [0.3, 0.4) is 0 Å². The van der Waals surface area contributed by atoms with Gasteiger partial charge in [-0.2, -0.15) is 0 Å². The van der Waals surface area contributed by atoms with E-state index in [9.17, 15) is 17.2 Å². The number of rotatable bonds is 7. The maximum absolute atomic E-state index is 13.7. The highest BCUT2D eigenvalue weighted by Crippen LogP contribution is 2.23. The predicted molar refractivity (Wildman–Crippen MR) is 76.7 cm³/mol. The van der Waals surface area contributed by atoms with Gasteiger partial charge in [0.2, 0.25) is 10.0 Å². The predicted octanol–water partition coefficient (Wildman–Crippen LogP) is 2.52. The first kappa shape index (κ1) is 17.5. The van der Waals surface area contributed by atoms with E-state index in [2.05, 4.69) is 20.7 Å². The molecule has 0 saturated heterocycles. The van der Waals surface area contributed by atoms with E-state index in [-0.39, 0.29) is 11.0 Å². The monoisotopic (exact) mass is 370 g/mol. The summed E-state index contributed by atoms with van der Waals surface area (Å²) in [5.74, 6) is -1.86. The van der Waals surface area contributed by atoms with Crippen molar-refractivity contribution in [2.45, 2.75) is 37.1 Å². The van der Waals surface area contributed by atoms with E-state index < -0.39 is 32.6 Å². The summed E-state index contributed by atoms with van der Waals surface area (Å²) in [4.78, 5) is -0.715. The lowest BCUT2D eigenvalue weighted by molar-refractivity contribution is 0.506. The fourth-order valence-corrected chi connectivity index (χ4v) is 3.34.